The molecule has 1 saturated heterocycles. The molecule has 0 saturated carbocycles. The number of thiazole rings is 1. The number of ether oxygens (including phenoxy) is 3. The molecule has 384 valence electrons. The lowest BCUT2D eigenvalue weighted by Crippen LogP contribution is -2.71. The molecule has 2 amide bonds. The second kappa shape index (κ2) is 22.6. The Labute approximate surface area is 447 Å². The second-order valence-electron chi connectivity index (χ2n) is 18.3. The molecule has 0 spiro atoms. The summed E-state index contributed by atoms with van der Waals surface area (Å²) in [6.45, 7) is 3.79. The molecule has 4 heterocycles. The van der Waals surface area contributed by atoms with E-state index in [2.05, 4.69) is 57.1 Å². The van der Waals surface area contributed by atoms with Gasteiger partial charge in [0.1, 0.15) is 35.5 Å². The van der Waals surface area contributed by atoms with Crippen LogP contribution in [0.2, 0.25) is 0 Å². The minimum absolute atomic E-state index is 0.104. The lowest BCUT2D eigenvalue weighted by atomic mass is 9.77. The molecule has 3 aliphatic rings. The second-order valence-corrected chi connectivity index (χ2v) is 20.2. The summed E-state index contributed by atoms with van der Waals surface area (Å²) in [5.41, 5.74) is 6.10. The van der Waals surface area contributed by atoms with Crippen LogP contribution in [0.5, 0.6) is 11.5 Å². The van der Waals surface area contributed by atoms with Crippen LogP contribution in [-0.4, -0.2) is 87.6 Å². The van der Waals surface area contributed by atoms with E-state index in [9.17, 15) is 24.0 Å². The van der Waals surface area contributed by atoms with Crippen LogP contribution in [0.4, 0.5) is 5.13 Å². The fraction of sp³-hybridized carbons (Fsp3) is 0.203. The number of hydrogen-bond acceptors (Lipinski definition) is 15. The number of carbonyl (C=O) groups excluding carboxylic acids is 5. The van der Waals surface area contributed by atoms with Crippen molar-refractivity contribution < 1.29 is 43.0 Å². The highest BCUT2D eigenvalue weighted by molar-refractivity contribution is 8.00. The lowest BCUT2D eigenvalue weighted by molar-refractivity contribution is -0.154. The molecule has 0 bridgehead atoms. The quantitative estimate of drug-likeness (QED) is 0.0221. The van der Waals surface area contributed by atoms with Gasteiger partial charge in [-0.05, 0) is 63.1 Å². The van der Waals surface area contributed by atoms with E-state index in [1.165, 1.54) is 49.0 Å². The zero-order valence-corrected chi connectivity index (χ0v) is 43.3. The van der Waals surface area contributed by atoms with Crippen molar-refractivity contribution in [3.63, 3.8) is 0 Å². The smallest absolute Gasteiger partial charge is 0.356 e. The fourth-order valence-electron chi connectivity index (χ4n) is 9.92. The number of anilines is 1. The summed E-state index contributed by atoms with van der Waals surface area (Å²) in [5.74, 6) is -2.41. The average molecular weight is 1050 g/mol. The molecule has 10 rings (SSSR count). The van der Waals surface area contributed by atoms with Crippen molar-refractivity contribution in [2.45, 2.75) is 49.9 Å². The number of β-lactam (4-membered cyclic amide) rings is 1. The third-order valence-corrected chi connectivity index (χ3v) is 15.4. The van der Waals surface area contributed by atoms with E-state index < -0.39 is 52.8 Å². The minimum Gasteiger partial charge on any atom is -0.448 e. The summed E-state index contributed by atoms with van der Waals surface area (Å²) in [5, 5.41) is 12.3. The Bertz CT molecular complexity index is 3210. The minimum atomic E-state index is -1.05. The zero-order valence-electron chi connectivity index (χ0n) is 41.7. The van der Waals surface area contributed by atoms with E-state index in [1.54, 1.807) is 17.5 Å². The van der Waals surface area contributed by atoms with E-state index in [-0.39, 0.29) is 35.1 Å². The molecular weight excluding hydrogens is 1000 g/mol. The topological polar surface area (TPSA) is 178 Å². The van der Waals surface area contributed by atoms with Crippen molar-refractivity contribution in [2.24, 2.45) is 5.16 Å². The third-order valence-electron chi connectivity index (χ3n) is 13.3. The normalized spacial score (nSPS) is 16.4. The Morgan fingerprint density at radius 3 is 1.80 bits per heavy atom. The van der Waals surface area contributed by atoms with Crippen LogP contribution in [0, 0.1) is 0 Å². The number of nitrogens with one attached hydrogen (secondary N) is 2. The number of rotatable bonds is 17. The van der Waals surface area contributed by atoms with E-state index in [0.717, 1.165) is 38.9 Å². The Balaban J connectivity index is 0.932. The van der Waals surface area contributed by atoms with Crippen LogP contribution in [0.1, 0.15) is 64.6 Å². The van der Waals surface area contributed by atoms with Gasteiger partial charge in [0.05, 0.1) is 0 Å². The van der Waals surface area contributed by atoms with Crippen molar-refractivity contribution in [3.05, 3.63) is 225 Å². The van der Waals surface area contributed by atoms with Crippen molar-refractivity contribution >= 4 is 63.7 Å². The number of oxime groups is 1. The van der Waals surface area contributed by atoms with E-state index in [4.69, 9.17) is 24.0 Å². The number of benzene rings is 6. The summed E-state index contributed by atoms with van der Waals surface area (Å²) in [6.07, 6.45) is -0.246. The maximum Gasteiger partial charge on any atom is 0.356 e. The predicted molar refractivity (Wildman–Crippen MR) is 289 cm³/mol. The van der Waals surface area contributed by atoms with Crippen molar-refractivity contribution in [2.75, 3.05) is 31.3 Å². The summed E-state index contributed by atoms with van der Waals surface area (Å²) >= 11 is 2.71. The summed E-state index contributed by atoms with van der Waals surface area (Å²) in [6, 6.07) is 51.4. The lowest BCUT2D eigenvalue weighted by Gasteiger charge is -2.50. The Kier molecular flexibility index (Phi) is 15.2. The first-order valence-electron chi connectivity index (χ1n) is 24.6. The molecule has 2 atom stereocenters. The molecule has 76 heavy (non-hydrogen) atoms. The summed E-state index contributed by atoms with van der Waals surface area (Å²) in [4.78, 5) is 81.8. The number of nitrogens with zero attached hydrogens (tertiary/aromatic N) is 4. The monoisotopic (exact) mass is 1050 g/mol. The highest BCUT2D eigenvalue weighted by atomic mass is 32.2. The number of hydrogen-bond donors (Lipinski definition) is 2. The maximum atomic E-state index is 15.0. The molecular formula is C59H52N6O9S2. The molecule has 0 aliphatic carbocycles. The SMILES string of the molecule is CO/N=C(\C(=O)NC1C(=O)N2C(C(=O)OC(c3ccccc3)c3ccccc3)=C(CN3CCc4cc(OC(C)=O)c(OC(C)=O)cc4C3)CSC12)c1csc(NC(c2ccccc2)(c2ccccc2)c2ccccc2)n1. The van der Waals surface area contributed by atoms with Gasteiger partial charge in [0.2, 0.25) is 0 Å². The van der Waals surface area contributed by atoms with Crippen LogP contribution >= 0.6 is 23.1 Å². The number of amides is 2. The first-order valence-corrected chi connectivity index (χ1v) is 26.5. The molecule has 1 aromatic heterocycles. The van der Waals surface area contributed by atoms with Crippen molar-refractivity contribution in [1.82, 2.24) is 20.1 Å². The molecule has 7 aromatic rings. The third kappa shape index (κ3) is 10.6. The average Bonchev–Trinajstić information content (AvgIpc) is 3.91. The van der Waals surface area contributed by atoms with E-state index >= 15 is 0 Å². The number of carbonyl (C=O) groups is 5. The fourth-order valence-corrected chi connectivity index (χ4v) is 12.0. The first-order chi connectivity index (χ1) is 37.0. The van der Waals surface area contributed by atoms with E-state index in [0.29, 0.717) is 36.0 Å². The van der Waals surface area contributed by atoms with Crippen molar-refractivity contribution in [3.8, 4) is 11.5 Å². The molecule has 6 aromatic carbocycles. The van der Waals surface area contributed by atoms with Gasteiger partial charge in [-0.25, -0.2) is 9.78 Å². The Hall–Kier alpha value is -8.38. The van der Waals surface area contributed by atoms with Gasteiger partial charge in [-0.2, -0.15) is 0 Å². The van der Waals surface area contributed by atoms with Gasteiger partial charge in [0, 0.05) is 44.6 Å². The van der Waals surface area contributed by atoms with Crippen molar-refractivity contribution in [1.29, 1.82) is 0 Å². The van der Waals surface area contributed by atoms with Gasteiger partial charge in [0.15, 0.2) is 28.4 Å². The molecule has 2 N–H and O–H groups in total. The number of esters is 3. The van der Waals surface area contributed by atoms with Gasteiger partial charge < -0.3 is 29.7 Å². The molecule has 0 radical (unpaired) electrons. The molecule has 17 heteroatoms. The predicted octanol–water partition coefficient (Wildman–Crippen LogP) is 8.79. The van der Waals surface area contributed by atoms with Gasteiger partial charge in [-0.1, -0.05) is 157 Å². The molecule has 2 unspecified atom stereocenters. The standard InChI is InChI=1S/C59H52N6O9S2/c1-37(66)72-48-31-41-29-30-64(33-42(41)32-49(48)73-38(2)67)34-43-35-75-56-51(55(69)65(56)52(43)57(70)74-53(39-19-9-4-10-20-39)40-21-11-5-12-22-40)61-54(68)50(63-71-3)47-36-76-58(60-47)62-59(44-23-13-6-14-24-44,45-25-15-7-16-26-45)46-27-17-8-18-28-46/h4-28,31-32,36,51,53,56H,29-30,33-35H2,1-3H3,(H,60,62)(H,61,68)/b63-50-. The van der Waals surface area contributed by atoms with Crippen LogP contribution in [0.15, 0.2) is 186 Å². The number of thioether (sulfide) groups is 1. The first kappa shape index (κ1) is 51.1. The molecule has 1 fully saturated rings. The summed E-state index contributed by atoms with van der Waals surface area (Å²) < 4.78 is 17.3. The Morgan fingerprint density at radius 1 is 0.750 bits per heavy atom. The van der Waals surface area contributed by atoms with Gasteiger partial charge in [-0.15, -0.1) is 23.1 Å². The molecule has 15 nitrogen and oxygen atoms in total. The highest BCUT2D eigenvalue weighted by Crippen LogP contribution is 2.44. The largest absolute Gasteiger partial charge is 0.448 e. The van der Waals surface area contributed by atoms with Crippen LogP contribution in [0.3, 0.4) is 0 Å². The zero-order chi connectivity index (χ0) is 52.8. The maximum absolute atomic E-state index is 15.0. The van der Waals surface area contributed by atoms with E-state index in [1.807, 2.05) is 115 Å². The van der Waals surface area contributed by atoms with Gasteiger partial charge >= 0.3 is 17.9 Å². The number of fused-ring (bicyclic) bond motifs is 2. The van der Waals surface area contributed by atoms with Gasteiger partial charge in [0.25, 0.3) is 11.8 Å². The van der Waals surface area contributed by atoms with Gasteiger partial charge in [-0.3, -0.25) is 29.0 Å². The molecule has 3 aliphatic heterocycles. The highest BCUT2D eigenvalue weighted by Gasteiger charge is 2.55. The van der Waals surface area contributed by atoms with Crippen LogP contribution in [-0.2, 0) is 52.1 Å². The van der Waals surface area contributed by atoms with Crippen LogP contribution < -0.4 is 20.1 Å². The summed E-state index contributed by atoms with van der Waals surface area (Å²) in [7, 11) is 1.33. The van der Waals surface area contributed by atoms with Crippen LogP contribution in [0.25, 0.3) is 0 Å². The number of aromatic nitrogens is 1. The Morgan fingerprint density at radius 2 is 1.28 bits per heavy atom.